The van der Waals surface area contributed by atoms with Crippen LogP contribution in [0.2, 0.25) is 0 Å². The maximum Gasteiger partial charge on any atom is 0.311 e. The Hall–Kier alpha value is -1.84. The van der Waals surface area contributed by atoms with Gasteiger partial charge < -0.3 is 9.47 Å². The highest BCUT2D eigenvalue weighted by Gasteiger charge is 2.15. The molecule has 0 aromatic heterocycles. The third-order valence-corrected chi connectivity index (χ3v) is 6.74. The van der Waals surface area contributed by atoms with Crippen molar-refractivity contribution in [2.75, 3.05) is 0 Å². The van der Waals surface area contributed by atoms with Crippen molar-refractivity contribution in [3.05, 3.63) is 23.8 Å². The Kier molecular flexibility index (Phi) is 20.0. The number of unbranched alkanes of at least 4 members (excludes halogenated alkanes) is 15. The molecule has 0 atom stereocenters. The summed E-state index contributed by atoms with van der Waals surface area (Å²) in [6.07, 6.45) is 22.7. The predicted molar refractivity (Wildman–Crippen MR) is 151 cm³/mol. The van der Waals surface area contributed by atoms with Gasteiger partial charge in [0.15, 0.2) is 11.5 Å². The zero-order valence-electron chi connectivity index (χ0n) is 23.7. The first-order valence-corrected chi connectivity index (χ1v) is 15.1. The van der Waals surface area contributed by atoms with Gasteiger partial charge in [-0.3, -0.25) is 9.59 Å². The van der Waals surface area contributed by atoms with Crippen LogP contribution in [-0.2, 0) is 16.0 Å². The van der Waals surface area contributed by atoms with Gasteiger partial charge in [0.25, 0.3) is 0 Å². The first-order valence-electron chi connectivity index (χ1n) is 15.1. The van der Waals surface area contributed by atoms with Crippen LogP contribution >= 0.6 is 0 Å². The Morgan fingerprint density at radius 1 is 0.528 bits per heavy atom. The van der Waals surface area contributed by atoms with Crippen molar-refractivity contribution in [1.29, 1.82) is 0 Å². The molecule has 1 rings (SSSR count). The maximum atomic E-state index is 12.6. The second-order valence-corrected chi connectivity index (χ2v) is 10.3. The van der Waals surface area contributed by atoms with Crippen molar-refractivity contribution in [2.45, 2.75) is 156 Å². The lowest BCUT2D eigenvalue weighted by Gasteiger charge is -2.13. The van der Waals surface area contributed by atoms with E-state index in [2.05, 4.69) is 20.8 Å². The Bertz CT molecular complexity index is 697. The molecule has 0 bridgehead atoms. The van der Waals surface area contributed by atoms with Crippen molar-refractivity contribution in [3.8, 4) is 11.5 Å². The normalized spacial score (nSPS) is 11.0. The maximum absolute atomic E-state index is 12.6. The van der Waals surface area contributed by atoms with Gasteiger partial charge in [-0.1, -0.05) is 123 Å². The summed E-state index contributed by atoms with van der Waals surface area (Å²) in [5.41, 5.74) is 1.12. The van der Waals surface area contributed by atoms with E-state index in [0.717, 1.165) is 44.1 Å². The quantitative estimate of drug-likeness (QED) is 0.0848. The van der Waals surface area contributed by atoms with Gasteiger partial charge in [0.05, 0.1) is 0 Å². The molecule has 0 aliphatic rings. The molecule has 0 heterocycles. The molecule has 0 radical (unpaired) electrons. The lowest BCUT2D eigenvalue weighted by molar-refractivity contribution is -0.137. The Balaban J connectivity index is 2.58. The summed E-state index contributed by atoms with van der Waals surface area (Å²) in [5, 5.41) is 0. The van der Waals surface area contributed by atoms with Gasteiger partial charge in [-0.2, -0.15) is 0 Å². The van der Waals surface area contributed by atoms with Gasteiger partial charge in [0.2, 0.25) is 0 Å². The van der Waals surface area contributed by atoms with Crippen LogP contribution in [0.25, 0.3) is 0 Å². The molecule has 4 nitrogen and oxygen atoms in total. The second-order valence-electron chi connectivity index (χ2n) is 10.3. The number of hydrogen-bond acceptors (Lipinski definition) is 4. The SMILES string of the molecule is CCCCCCCCCC(=O)Oc1ccc(CCCCCC)cc1OC(=O)CCCCCCCCC. The summed E-state index contributed by atoms with van der Waals surface area (Å²) in [6.45, 7) is 6.64. The minimum absolute atomic E-state index is 0.240. The standard InChI is InChI=1S/C32H54O4/c1-4-7-10-13-15-17-20-23-31(33)35-29-26-25-28(22-19-12-9-6-3)27-30(29)36-32(34)24-21-18-16-14-11-8-5-2/h25-27H,4-24H2,1-3H3. The molecule has 0 saturated carbocycles. The fraction of sp³-hybridized carbons (Fsp3) is 0.750. The molecule has 0 aliphatic heterocycles. The molecule has 0 aliphatic carbocycles. The number of aryl methyl sites for hydroxylation is 1. The van der Waals surface area contributed by atoms with E-state index >= 15 is 0 Å². The molecule has 0 amide bonds. The molecule has 0 fully saturated rings. The van der Waals surface area contributed by atoms with Crippen molar-refractivity contribution in [3.63, 3.8) is 0 Å². The zero-order chi connectivity index (χ0) is 26.3. The van der Waals surface area contributed by atoms with Gasteiger partial charge >= 0.3 is 11.9 Å². The van der Waals surface area contributed by atoms with Gasteiger partial charge in [0, 0.05) is 12.8 Å². The Morgan fingerprint density at radius 3 is 1.44 bits per heavy atom. The van der Waals surface area contributed by atoms with Crippen molar-refractivity contribution >= 4 is 11.9 Å². The molecule has 4 heteroatoms. The van der Waals surface area contributed by atoms with E-state index in [1.54, 1.807) is 6.07 Å². The number of ether oxygens (including phenoxy) is 2. The molecule has 0 N–H and O–H groups in total. The number of esters is 2. The van der Waals surface area contributed by atoms with Crippen LogP contribution in [0.4, 0.5) is 0 Å². The van der Waals surface area contributed by atoms with Crippen LogP contribution in [0.1, 0.15) is 155 Å². The predicted octanol–water partition coefficient (Wildman–Crippen LogP) is 9.90. The lowest BCUT2D eigenvalue weighted by atomic mass is 10.1. The highest BCUT2D eigenvalue weighted by Crippen LogP contribution is 2.30. The second kappa shape index (κ2) is 22.4. The van der Waals surface area contributed by atoms with Crippen LogP contribution in [0.5, 0.6) is 11.5 Å². The third kappa shape index (κ3) is 16.8. The number of carbonyl (C=O) groups excluding carboxylic acids is 2. The van der Waals surface area contributed by atoms with Gasteiger partial charge in [-0.05, 0) is 43.4 Å². The molecule has 1 aromatic carbocycles. The summed E-state index contributed by atoms with van der Waals surface area (Å²) in [4.78, 5) is 25.0. The highest BCUT2D eigenvalue weighted by atomic mass is 16.6. The minimum atomic E-state index is -0.247. The van der Waals surface area contributed by atoms with Crippen LogP contribution in [0, 0.1) is 0 Å². The number of rotatable bonds is 23. The van der Waals surface area contributed by atoms with E-state index in [9.17, 15) is 9.59 Å². The third-order valence-electron chi connectivity index (χ3n) is 6.74. The van der Waals surface area contributed by atoms with Gasteiger partial charge in [0.1, 0.15) is 0 Å². The highest BCUT2D eigenvalue weighted by molar-refractivity contribution is 5.76. The molecule has 206 valence electrons. The number of benzene rings is 1. The fourth-order valence-corrected chi connectivity index (χ4v) is 4.43. The molecular formula is C32H54O4. The summed E-state index contributed by atoms with van der Waals surface area (Å²) in [6, 6.07) is 5.69. The smallest absolute Gasteiger partial charge is 0.311 e. The summed E-state index contributed by atoms with van der Waals surface area (Å²) < 4.78 is 11.4. The van der Waals surface area contributed by atoms with Crippen molar-refractivity contribution < 1.29 is 19.1 Å². The summed E-state index contributed by atoms with van der Waals surface area (Å²) in [5.74, 6) is 0.275. The van der Waals surface area contributed by atoms with Crippen LogP contribution < -0.4 is 9.47 Å². The summed E-state index contributed by atoms with van der Waals surface area (Å²) >= 11 is 0. The van der Waals surface area contributed by atoms with Crippen molar-refractivity contribution in [2.24, 2.45) is 0 Å². The zero-order valence-corrected chi connectivity index (χ0v) is 23.7. The molecule has 0 spiro atoms. The van der Waals surface area contributed by atoms with E-state index in [-0.39, 0.29) is 11.9 Å². The minimum Gasteiger partial charge on any atom is -0.423 e. The first kappa shape index (κ1) is 32.2. The van der Waals surface area contributed by atoms with Crippen LogP contribution in [0.3, 0.4) is 0 Å². The van der Waals surface area contributed by atoms with Crippen molar-refractivity contribution in [1.82, 2.24) is 0 Å². The Labute approximate surface area is 221 Å². The Morgan fingerprint density at radius 2 is 0.944 bits per heavy atom. The van der Waals surface area contributed by atoms with E-state index < -0.39 is 0 Å². The van der Waals surface area contributed by atoms with E-state index in [0.29, 0.717) is 24.3 Å². The van der Waals surface area contributed by atoms with E-state index in [4.69, 9.17) is 9.47 Å². The monoisotopic (exact) mass is 502 g/mol. The number of hydrogen-bond donors (Lipinski definition) is 0. The fourth-order valence-electron chi connectivity index (χ4n) is 4.43. The van der Waals surface area contributed by atoms with Gasteiger partial charge in [-0.15, -0.1) is 0 Å². The molecule has 36 heavy (non-hydrogen) atoms. The van der Waals surface area contributed by atoms with Crippen LogP contribution in [0.15, 0.2) is 18.2 Å². The van der Waals surface area contributed by atoms with Crippen LogP contribution in [-0.4, -0.2) is 11.9 Å². The molecule has 0 unspecified atom stereocenters. The van der Waals surface area contributed by atoms with E-state index in [1.807, 2.05) is 12.1 Å². The topological polar surface area (TPSA) is 52.6 Å². The first-order chi connectivity index (χ1) is 17.6. The number of carbonyl (C=O) groups is 2. The molecule has 1 aromatic rings. The average molecular weight is 503 g/mol. The van der Waals surface area contributed by atoms with Gasteiger partial charge in [-0.25, -0.2) is 0 Å². The lowest BCUT2D eigenvalue weighted by Crippen LogP contribution is -2.12. The summed E-state index contributed by atoms with van der Waals surface area (Å²) in [7, 11) is 0. The molecule has 0 saturated heterocycles. The van der Waals surface area contributed by atoms with E-state index in [1.165, 1.54) is 83.5 Å². The average Bonchev–Trinajstić information content (AvgIpc) is 2.87. The largest absolute Gasteiger partial charge is 0.423 e. The molecular weight excluding hydrogens is 448 g/mol.